The summed E-state index contributed by atoms with van der Waals surface area (Å²) < 4.78 is 32.7. The normalized spacial score (nSPS) is 20.8. The second-order valence-electron chi connectivity index (χ2n) is 12.8. The third-order valence-electron chi connectivity index (χ3n) is 9.75. The largest absolute Gasteiger partial charge is 0.466 e. The van der Waals surface area contributed by atoms with E-state index in [9.17, 15) is 13.9 Å². The fourth-order valence-corrected chi connectivity index (χ4v) is 8.70. The highest BCUT2D eigenvalue weighted by Crippen LogP contribution is 2.58. The van der Waals surface area contributed by atoms with Gasteiger partial charge in [0.2, 0.25) is 0 Å². The van der Waals surface area contributed by atoms with Gasteiger partial charge in [0.15, 0.2) is 5.82 Å². The lowest BCUT2D eigenvalue weighted by atomic mass is 9.84. The molecule has 238 valence electrons. The molecule has 1 saturated carbocycles. The van der Waals surface area contributed by atoms with Gasteiger partial charge in [-0.2, -0.15) is 4.31 Å². The molecule has 10 nitrogen and oxygen atoms in total. The lowest BCUT2D eigenvalue weighted by molar-refractivity contribution is -0.143. The third-order valence-corrected chi connectivity index (χ3v) is 11.7. The van der Waals surface area contributed by atoms with Gasteiger partial charge >= 0.3 is 5.97 Å². The Bertz CT molecular complexity index is 1740. The number of benzene rings is 2. The van der Waals surface area contributed by atoms with Gasteiger partial charge < -0.3 is 9.64 Å². The number of esters is 1. The van der Waals surface area contributed by atoms with E-state index in [1.807, 2.05) is 15.9 Å². The molecule has 2 aromatic heterocycles. The Hall–Kier alpha value is -3.51. The number of rotatable bonds is 9. The van der Waals surface area contributed by atoms with E-state index in [1.54, 1.807) is 18.3 Å². The van der Waals surface area contributed by atoms with Crippen molar-refractivity contribution in [3.8, 4) is 0 Å². The minimum absolute atomic E-state index is 0.162. The zero-order valence-electron chi connectivity index (χ0n) is 26.2. The molecule has 4 heterocycles. The SMILES string of the molecule is CCOC(=O)CC(c1ccc(C)c(CN2C[C@H]3CCCN3c3ncccc3S2(O)O)c1)c1ccc2c(nnn2CC2CC2)c1C. The van der Waals surface area contributed by atoms with Crippen LogP contribution in [-0.2, 0) is 22.6 Å². The van der Waals surface area contributed by atoms with Crippen molar-refractivity contribution in [2.75, 3.05) is 24.6 Å². The smallest absolute Gasteiger partial charge is 0.306 e. The van der Waals surface area contributed by atoms with Crippen molar-refractivity contribution in [3.63, 3.8) is 0 Å². The Kier molecular flexibility index (Phi) is 8.05. The summed E-state index contributed by atoms with van der Waals surface area (Å²) in [5.41, 5.74) is 6.94. The highest BCUT2D eigenvalue weighted by molar-refractivity contribution is 8.22. The number of aryl methyl sites for hydroxylation is 2. The van der Waals surface area contributed by atoms with Crippen LogP contribution in [0.25, 0.3) is 11.0 Å². The predicted octanol–water partition coefficient (Wildman–Crippen LogP) is 6.45. The molecule has 0 spiro atoms. The molecular weight excluding hydrogens is 588 g/mol. The van der Waals surface area contributed by atoms with Gasteiger partial charge in [0.25, 0.3) is 0 Å². The second-order valence-corrected chi connectivity index (χ2v) is 14.8. The van der Waals surface area contributed by atoms with Gasteiger partial charge in [0.05, 0.1) is 18.5 Å². The summed E-state index contributed by atoms with van der Waals surface area (Å²) in [7, 11) is -3.28. The third kappa shape index (κ3) is 5.71. The Balaban J connectivity index is 1.25. The molecule has 11 heteroatoms. The highest BCUT2D eigenvalue weighted by atomic mass is 32.3. The van der Waals surface area contributed by atoms with Crippen LogP contribution < -0.4 is 4.90 Å². The minimum Gasteiger partial charge on any atom is -0.466 e. The molecule has 45 heavy (non-hydrogen) atoms. The second kappa shape index (κ2) is 12.0. The van der Waals surface area contributed by atoms with Gasteiger partial charge in [-0.15, -0.1) is 15.9 Å². The summed E-state index contributed by atoms with van der Waals surface area (Å²) in [6.07, 6.45) is 6.43. The van der Waals surface area contributed by atoms with Gasteiger partial charge in [-0.1, -0.05) is 29.5 Å². The van der Waals surface area contributed by atoms with E-state index in [2.05, 4.69) is 64.4 Å². The summed E-state index contributed by atoms with van der Waals surface area (Å²) in [5, 5.41) is 9.03. The van der Waals surface area contributed by atoms with Crippen LogP contribution in [0.3, 0.4) is 0 Å². The number of aromatic nitrogens is 4. The van der Waals surface area contributed by atoms with Crippen molar-refractivity contribution in [2.45, 2.75) is 82.8 Å². The number of hydrogen-bond donors (Lipinski definition) is 2. The van der Waals surface area contributed by atoms with Gasteiger partial charge in [-0.25, -0.2) is 9.67 Å². The first kappa shape index (κ1) is 30.2. The highest BCUT2D eigenvalue weighted by Gasteiger charge is 2.40. The van der Waals surface area contributed by atoms with E-state index < -0.39 is 10.8 Å². The number of ether oxygens (including phenoxy) is 1. The van der Waals surface area contributed by atoms with E-state index in [0.717, 1.165) is 64.8 Å². The fraction of sp³-hybridized carbons (Fsp3) is 0.471. The first-order chi connectivity index (χ1) is 21.7. The lowest BCUT2D eigenvalue weighted by Gasteiger charge is -2.42. The molecule has 0 bridgehead atoms. The summed E-state index contributed by atoms with van der Waals surface area (Å²) in [6, 6.07) is 14.2. The van der Waals surface area contributed by atoms with Gasteiger partial charge in [-0.3, -0.25) is 13.9 Å². The molecule has 0 amide bonds. The van der Waals surface area contributed by atoms with Crippen LogP contribution in [-0.4, -0.2) is 65.1 Å². The van der Waals surface area contributed by atoms with Gasteiger partial charge in [-0.05, 0) is 98.4 Å². The molecule has 7 rings (SSSR count). The molecule has 2 fully saturated rings. The molecule has 3 aliphatic rings. The monoisotopic (exact) mass is 630 g/mol. The maximum atomic E-state index is 13.0. The van der Waals surface area contributed by atoms with E-state index >= 15 is 0 Å². The van der Waals surface area contributed by atoms with Crippen molar-refractivity contribution in [2.24, 2.45) is 5.92 Å². The number of carbonyl (C=O) groups is 1. The zero-order valence-corrected chi connectivity index (χ0v) is 27.0. The average molecular weight is 631 g/mol. The number of pyridine rings is 1. The maximum absolute atomic E-state index is 13.0. The van der Waals surface area contributed by atoms with Gasteiger partial charge in [0.1, 0.15) is 10.4 Å². The Morgan fingerprint density at radius 3 is 2.78 bits per heavy atom. The Morgan fingerprint density at radius 1 is 1.13 bits per heavy atom. The maximum Gasteiger partial charge on any atom is 0.306 e. The zero-order chi connectivity index (χ0) is 31.3. The van der Waals surface area contributed by atoms with Crippen LogP contribution >= 0.6 is 10.8 Å². The molecule has 2 aliphatic heterocycles. The van der Waals surface area contributed by atoms with Crippen LogP contribution in [0.5, 0.6) is 0 Å². The van der Waals surface area contributed by atoms with Crippen molar-refractivity contribution in [3.05, 3.63) is 76.5 Å². The Morgan fingerprint density at radius 2 is 1.98 bits per heavy atom. The topological polar surface area (TPSA) is 117 Å². The summed E-state index contributed by atoms with van der Waals surface area (Å²) in [6.45, 7) is 8.89. The van der Waals surface area contributed by atoms with Crippen molar-refractivity contribution < 1.29 is 18.6 Å². The number of anilines is 1. The van der Waals surface area contributed by atoms with Crippen molar-refractivity contribution >= 4 is 33.6 Å². The predicted molar refractivity (Wildman–Crippen MR) is 175 cm³/mol. The van der Waals surface area contributed by atoms with Gasteiger partial charge in [0, 0.05) is 44.3 Å². The molecule has 2 N–H and O–H groups in total. The summed E-state index contributed by atoms with van der Waals surface area (Å²) in [4.78, 5) is 20.3. The molecule has 0 radical (unpaired) electrons. The lowest BCUT2D eigenvalue weighted by Crippen LogP contribution is -2.38. The summed E-state index contributed by atoms with van der Waals surface area (Å²) in [5.74, 6) is 0.846. The molecule has 2 atom stereocenters. The molecule has 1 aliphatic carbocycles. The van der Waals surface area contributed by atoms with Crippen LogP contribution in [0, 0.1) is 19.8 Å². The van der Waals surface area contributed by atoms with Crippen LogP contribution in [0.4, 0.5) is 5.82 Å². The van der Waals surface area contributed by atoms with E-state index in [-0.39, 0.29) is 24.3 Å². The summed E-state index contributed by atoms with van der Waals surface area (Å²) >= 11 is 0. The average Bonchev–Trinajstić information content (AvgIpc) is 3.58. The van der Waals surface area contributed by atoms with Crippen LogP contribution in [0.15, 0.2) is 53.6 Å². The molecule has 1 saturated heterocycles. The van der Waals surface area contributed by atoms with Crippen LogP contribution in [0.1, 0.15) is 72.8 Å². The number of hydrogen-bond acceptors (Lipinski definition) is 9. The molecular formula is C34H42N6O4S. The number of nitrogens with zero attached hydrogens (tertiary/aromatic N) is 6. The van der Waals surface area contributed by atoms with E-state index in [0.29, 0.717) is 36.3 Å². The van der Waals surface area contributed by atoms with Crippen LogP contribution in [0.2, 0.25) is 0 Å². The quantitative estimate of drug-likeness (QED) is 0.201. The van der Waals surface area contributed by atoms with E-state index in [1.165, 1.54) is 12.8 Å². The molecule has 2 aromatic carbocycles. The molecule has 4 aromatic rings. The van der Waals surface area contributed by atoms with Crippen molar-refractivity contribution in [1.29, 1.82) is 0 Å². The van der Waals surface area contributed by atoms with E-state index in [4.69, 9.17) is 4.74 Å². The number of carbonyl (C=O) groups excluding carboxylic acids is 1. The molecule has 1 unspecified atom stereocenters. The van der Waals surface area contributed by atoms with Crippen molar-refractivity contribution in [1.82, 2.24) is 24.3 Å². The standard InChI is InChI=1S/C34H42N6O4S/c1-4-44-32(41)18-29(28-13-14-30-33(23(28)3)36-37-40(30)19-24-10-11-24)25-12-9-22(2)26(17-25)20-38-21-27-7-6-16-39(27)34-31(45(38,42)43)8-5-15-35-34/h5,8-9,12-15,17,24,27,29,42-43H,4,6-7,10-11,16,18-21H2,1-3H3/t27-,29?/m1/s1. The minimum atomic E-state index is -3.28. The Labute approximate surface area is 265 Å². The fourth-order valence-electron chi connectivity index (χ4n) is 7.05. The first-order valence-corrected chi connectivity index (χ1v) is 17.6. The first-order valence-electron chi connectivity index (χ1n) is 16.1. The number of fused-ring (bicyclic) bond motifs is 4.